The monoisotopic (exact) mass is 196 g/mol. The molecule has 0 saturated carbocycles. The first-order valence-electron chi connectivity index (χ1n) is 5.17. The maximum Gasteiger partial charge on any atom is 0.236 e. The second-order valence-corrected chi connectivity index (χ2v) is 3.30. The lowest BCUT2D eigenvalue weighted by atomic mass is 10.2. The van der Waals surface area contributed by atoms with Crippen LogP contribution < -0.4 is 10.6 Å². The van der Waals surface area contributed by atoms with E-state index in [9.17, 15) is 4.79 Å². The summed E-state index contributed by atoms with van der Waals surface area (Å²) < 4.78 is 0. The zero-order valence-corrected chi connectivity index (χ0v) is 9.10. The number of hydrogen-bond donors (Lipinski definition) is 2. The summed E-state index contributed by atoms with van der Waals surface area (Å²) in [6.45, 7) is 5.14. The van der Waals surface area contributed by atoms with Gasteiger partial charge in [0.05, 0.1) is 12.6 Å². The lowest BCUT2D eigenvalue weighted by Crippen LogP contribution is -2.42. The van der Waals surface area contributed by atoms with Crippen LogP contribution in [0.3, 0.4) is 0 Å². The number of rotatable bonds is 7. The Hall–Kier alpha value is -1.01. The summed E-state index contributed by atoms with van der Waals surface area (Å²) in [5.74, 6) is 2.46. The molecule has 0 heterocycles. The van der Waals surface area contributed by atoms with Crippen LogP contribution in [0.15, 0.2) is 0 Å². The van der Waals surface area contributed by atoms with Gasteiger partial charge in [-0.05, 0) is 13.3 Å². The average Bonchev–Trinajstić information content (AvgIpc) is 2.20. The second kappa shape index (κ2) is 8.58. The lowest BCUT2D eigenvalue weighted by molar-refractivity contribution is -0.122. The maximum absolute atomic E-state index is 11.4. The Bertz CT molecular complexity index is 196. The molecule has 0 bridgehead atoms. The first-order chi connectivity index (χ1) is 6.72. The van der Waals surface area contributed by atoms with E-state index in [1.165, 1.54) is 6.42 Å². The van der Waals surface area contributed by atoms with Gasteiger partial charge >= 0.3 is 0 Å². The number of unbranched alkanes of at least 4 members (excludes halogenated alkanes) is 2. The van der Waals surface area contributed by atoms with E-state index in [4.69, 9.17) is 6.42 Å². The molecule has 0 rings (SSSR count). The number of hydrogen-bond acceptors (Lipinski definition) is 2. The summed E-state index contributed by atoms with van der Waals surface area (Å²) in [6.07, 6.45) is 8.44. The third-order valence-corrected chi connectivity index (χ3v) is 1.98. The van der Waals surface area contributed by atoms with Gasteiger partial charge < -0.3 is 5.32 Å². The molecule has 1 atom stereocenters. The van der Waals surface area contributed by atoms with Crippen LogP contribution in [0.4, 0.5) is 0 Å². The Morgan fingerprint density at radius 3 is 2.79 bits per heavy atom. The van der Waals surface area contributed by atoms with Crippen molar-refractivity contribution in [3.05, 3.63) is 0 Å². The molecule has 3 heteroatoms. The summed E-state index contributed by atoms with van der Waals surface area (Å²) in [5.41, 5.74) is 0. The Morgan fingerprint density at radius 1 is 1.50 bits per heavy atom. The molecule has 3 nitrogen and oxygen atoms in total. The van der Waals surface area contributed by atoms with Crippen LogP contribution in [0.25, 0.3) is 0 Å². The fraction of sp³-hybridized carbons (Fsp3) is 0.727. The van der Waals surface area contributed by atoms with Crippen LogP contribution in [0.1, 0.15) is 33.1 Å². The fourth-order valence-electron chi connectivity index (χ4n) is 1.04. The molecule has 0 aliphatic rings. The third kappa shape index (κ3) is 6.50. The maximum atomic E-state index is 11.4. The summed E-state index contributed by atoms with van der Waals surface area (Å²) in [4.78, 5) is 11.4. The molecular weight excluding hydrogens is 176 g/mol. The smallest absolute Gasteiger partial charge is 0.236 e. The molecule has 0 aromatic heterocycles. The minimum atomic E-state index is -0.201. The van der Waals surface area contributed by atoms with E-state index in [0.29, 0.717) is 6.54 Å². The minimum absolute atomic E-state index is 0.0244. The SMILES string of the molecule is C#CCNC(C)C(=O)NCCCCC. The summed E-state index contributed by atoms with van der Waals surface area (Å²) in [7, 11) is 0. The molecule has 0 radical (unpaired) electrons. The molecule has 1 amide bonds. The van der Waals surface area contributed by atoms with Crippen molar-refractivity contribution in [2.24, 2.45) is 0 Å². The van der Waals surface area contributed by atoms with Crippen LogP contribution in [-0.2, 0) is 4.79 Å². The predicted octanol–water partition coefficient (Wildman–Crippen LogP) is 0.904. The highest BCUT2D eigenvalue weighted by atomic mass is 16.2. The number of nitrogens with one attached hydrogen (secondary N) is 2. The fourth-order valence-corrected chi connectivity index (χ4v) is 1.04. The molecule has 0 aliphatic heterocycles. The largest absolute Gasteiger partial charge is 0.355 e. The molecule has 0 aromatic carbocycles. The Kier molecular flexibility index (Phi) is 7.96. The molecule has 0 fully saturated rings. The molecule has 0 spiro atoms. The van der Waals surface area contributed by atoms with E-state index in [-0.39, 0.29) is 11.9 Å². The highest BCUT2D eigenvalue weighted by Crippen LogP contribution is 1.91. The molecule has 0 saturated heterocycles. The van der Waals surface area contributed by atoms with Gasteiger partial charge in [0.1, 0.15) is 0 Å². The first kappa shape index (κ1) is 13.0. The van der Waals surface area contributed by atoms with Gasteiger partial charge in [0, 0.05) is 6.54 Å². The Balaban J connectivity index is 3.48. The predicted molar refractivity (Wildman–Crippen MR) is 58.8 cm³/mol. The molecule has 1 unspecified atom stereocenters. The van der Waals surface area contributed by atoms with Gasteiger partial charge in [-0.25, -0.2) is 0 Å². The van der Waals surface area contributed by atoms with Gasteiger partial charge in [-0.2, -0.15) is 0 Å². The molecule has 80 valence electrons. The minimum Gasteiger partial charge on any atom is -0.355 e. The summed E-state index contributed by atoms with van der Waals surface area (Å²) in [5, 5.41) is 5.78. The van der Waals surface area contributed by atoms with Crippen LogP contribution in [-0.4, -0.2) is 25.0 Å². The molecule has 14 heavy (non-hydrogen) atoms. The van der Waals surface area contributed by atoms with Crippen molar-refractivity contribution in [2.75, 3.05) is 13.1 Å². The average molecular weight is 196 g/mol. The van der Waals surface area contributed by atoms with Crippen molar-refractivity contribution in [2.45, 2.75) is 39.2 Å². The normalized spacial score (nSPS) is 11.8. The number of carbonyl (C=O) groups is 1. The molecular formula is C11H20N2O. The summed E-state index contributed by atoms with van der Waals surface area (Å²) >= 11 is 0. The van der Waals surface area contributed by atoms with Crippen molar-refractivity contribution < 1.29 is 4.79 Å². The number of carbonyl (C=O) groups excluding carboxylic acids is 1. The second-order valence-electron chi connectivity index (χ2n) is 3.30. The van der Waals surface area contributed by atoms with Crippen molar-refractivity contribution in [1.82, 2.24) is 10.6 Å². The Labute approximate surface area is 86.6 Å². The summed E-state index contributed by atoms with van der Waals surface area (Å²) in [6, 6.07) is -0.201. The highest BCUT2D eigenvalue weighted by molar-refractivity contribution is 5.81. The Morgan fingerprint density at radius 2 is 2.21 bits per heavy atom. The topological polar surface area (TPSA) is 41.1 Å². The van der Waals surface area contributed by atoms with Crippen molar-refractivity contribution in [1.29, 1.82) is 0 Å². The van der Waals surface area contributed by atoms with Crippen molar-refractivity contribution >= 4 is 5.91 Å². The van der Waals surface area contributed by atoms with E-state index in [1.807, 2.05) is 6.92 Å². The zero-order valence-electron chi connectivity index (χ0n) is 9.10. The van der Waals surface area contributed by atoms with E-state index >= 15 is 0 Å². The quantitative estimate of drug-likeness (QED) is 0.469. The molecule has 2 N–H and O–H groups in total. The third-order valence-electron chi connectivity index (χ3n) is 1.98. The van der Waals surface area contributed by atoms with Crippen LogP contribution in [0.5, 0.6) is 0 Å². The van der Waals surface area contributed by atoms with E-state index in [1.54, 1.807) is 0 Å². The van der Waals surface area contributed by atoms with Crippen LogP contribution >= 0.6 is 0 Å². The van der Waals surface area contributed by atoms with Crippen molar-refractivity contribution in [3.8, 4) is 12.3 Å². The van der Waals surface area contributed by atoms with Gasteiger partial charge in [-0.1, -0.05) is 25.7 Å². The number of terminal acetylenes is 1. The van der Waals surface area contributed by atoms with E-state index in [0.717, 1.165) is 19.4 Å². The molecule has 0 aromatic rings. The number of amides is 1. The van der Waals surface area contributed by atoms with E-state index in [2.05, 4.69) is 23.5 Å². The zero-order chi connectivity index (χ0) is 10.8. The van der Waals surface area contributed by atoms with E-state index < -0.39 is 0 Å². The first-order valence-corrected chi connectivity index (χ1v) is 5.17. The van der Waals surface area contributed by atoms with Crippen LogP contribution in [0.2, 0.25) is 0 Å². The van der Waals surface area contributed by atoms with Gasteiger partial charge in [0.15, 0.2) is 0 Å². The standard InChI is InChI=1S/C11H20N2O/c1-4-6-7-9-13-11(14)10(3)12-8-5-2/h2,10,12H,4,6-9H2,1,3H3,(H,13,14). The highest BCUT2D eigenvalue weighted by Gasteiger charge is 2.09. The van der Waals surface area contributed by atoms with Gasteiger partial charge in [-0.15, -0.1) is 6.42 Å². The van der Waals surface area contributed by atoms with Gasteiger partial charge in [0.2, 0.25) is 5.91 Å². The van der Waals surface area contributed by atoms with Crippen molar-refractivity contribution in [3.63, 3.8) is 0 Å². The lowest BCUT2D eigenvalue weighted by Gasteiger charge is -2.11. The van der Waals surface area contributed by atoms with Crippen LogP contribution in [0, 0.1) is 12.3 Å². The van der Waals surface area contributed by atoms with Gasteiger partial charge in [-0.3, -0.25) is 10.1 Å². The molecule has 0 aliphatic carbocycles. The van der Waals surface area contributed by atoms with Gasteiger partial charge in [0.25, 0.3) is 0 Å².